The average molecular weight is 285 g/mol. The summed E-state index contributed by atoms with van der Waals surface area (Å²) in [4.78, 5) is 2.34. The Bertz CT molecular complexity index is 488. The first kappa shape index (κ1) is 15.9. The number of nitrogens with zero attached hydrogens (tertiary/aromatic N) is 1. The van der Waals surface area contributed by atoms with E-state index in [0.717, 1.165) is 25.1 Å². The molecule has 0 saturated heterocycles. The number of hydrogen-bond donors (Lipinski definition) is 2. The number of unbranched alkanes of at least 4 members (excludes halogenated alkanes) is 1. The molecule has 108 valence electrons. The van der Waals surface area contributed by atoms with Crippen LogP contribution in [0.5, 0.6) is 0 Å². The van der Waals surface area contributed by atoms with Crippen LogP contribution in [0.3, 0.4) is 0 Å². The van der Waals surface area contributed by atoms with Crippen molar-refractivity contribution in [2.75, 3.05) is 31.6 Å². The Morgan fingerprint density at radius 2 is 1.95 bits per heavy atom. The van der Waals surface area contributed by atoms with Crippen molar-refractivity contribution in [1.82, 2.24) is 4.72 Å². The predicted molar refractivity (Wildman–Crippen MR) is 78.9 cm³/mol. The molecule has 19 heavy (non-hydrogen) atoms. The van der Waals surface area contributed by atoms with E-state index in [2.05, 4.69) is 11.6 Å². The number of anilines is 1. The molecule has 0 fully saturated rings. The summed E-state index contributed by atoms with van der Waals surface area (Å²) < 4.78 is 26.4. The molecule has 0 bridgehead atoms. The van der Waals surface area contributed by atoms with E-state index >= 15 is 0 Å². The van der Waals surface area contributed by atoms with Crippen LogP contribution in [0.1, 0.15) is 19.8 Å². The summed E-state index contributed by atoms with van der Waals surface area (Å²) in [5.74, 6) is 0. The van der Waals surface area contributed by atoms with Crippen LogP contribution in [0.4, 0.5) is 5.69 Å². The molecule has 0 saturated carbocycles. The van der Waals surface area contributed by atoms with Gasteiger partial charge in [-0.25, -0.2) is 13.1 Å². The summed E-state index contributed by atoms with van der Waals surface area (Å²) in [5.41, 5.74) is 6.34. The highest BCUT2D eigenvalue weighted by atomic mass is 32.2. The van der Waals surface area contributed by atoms with E-state index in [9.17, 15) is 8.42 Å². The fraction of sp³-hybridized carbons (Fsp3) is 0.538. The summed E-state index contributed by atoms with van der Waals surface area (Å²) in [6, 6.07) is 7.03. The van der Waals surface area contributed by atoms with Crippen LogP contribution in [-0.2, 0) is 10.0 Å². The van der Waals surface area contributed by atoms with E-state index in [0.29, 0.717) is 18.0 Å². The van der Waals surface area contributed by atoms with Gasteiger partial charge in [-0.05, 0) is 25.6 Å². The van der Waals surface area contributed by atoms with E-state index in [-0.39, 0.29) is 0 Å². The molecular formula is C13H23N3O2S. The molecule has 0 aliphatic rings. The minimum Gasteiger partial charge on any atom is -0.369 e. The molecule has 6 heteroatoms. The Labute approximate surface area is 115 Å². The minimum atomic E-state index is -3.45. The van der Waals surface area contributed by atoms with Gasteiger partial charge in [-0.3, -0.25) is 0 Å². The number of hydrogen-bond acceptors (Lipinski definition) is 4. The molecule has 0 aliphatic carbocycles. The summed E-state index contributed by atoms with van der Waals surface area (Å²) in [5, 5.41) is 0. The van der Waals surface area contributed by atoms with Gasteiger partial charge >= 0.3 is 0 Å². The lowest BCUT2D eigenvalue weighted by atomic mass is 10.2. The van der Waals surface area contributed by atoms with Gasteiger partial charge in [-0.2, -0.15) is 0 Å². The highest BCUT2D eigenvalue weighted by molar-refractivity contribution is 7.89. The quantitative estimate of drug-likeness (QED) is 0.751. The van der Waals surface area contributed by atoms with Gasteiger partial charge in [0.2, 0.25) is 10.0 Å². The number of nitrogens with two attached hydrogens (primary N) is 1. The smallest absolute Gasteiger partial charge is 0.242 e. The Kier molecular flexibility index (Phi) is 6.27. The van der Waals surface area contributed by atoms with Crippen molar-refractivity contribution < 1.29 is 8.42 Å². The van der Waals surface area contributed by atoms with E-state index < -0.39 is 10.0 Å². The van der Waals surface area contributed by atoms with Crippen LogP contribution in [0.15, 0.2) is 29.2 Å². The Morgan fingerprint density at radius 1 is 1.26 bits per heavy atom. The molecular weight excluding hydrogens is 262 g/mol. The zero-order valence-electron chi connectivity index (χ0n) is 11.6. The van der Waals surface area contributed by atoms with Crippen LogP contribution < -0.4 is 15.4 Å². The summed E-state index contributed by atoms with van der Waals surface area (Å²) in [7, 11) is -2.03. The van der Waals surface area contributed by atoms with Crippen LogP contribution in [-0.4, -0.2) is 35.1 Å². The zero-order valence-corrected chi connectivity index (χ0v) is 12.4. The van der Waals surface area contributed by atoms with E-state index in [4.69, 9.17) is 5.73 Å². The molecule has 0 aliphatic heterocycles. The summed E-state index contributed by atoms with van der Waals surface area (Å²) in [6.07, 6.45) is 2.07. The molecule has 1 aromatic rings. The summed E-state index contributed by atoms with van der Waals surface area (Å²) >= 11 is 0. The monoisotopic (exact) mass is 285 g/mol. The highest BCUT2D eigenvalue weighted by Gasteiger charge is 2.19. The second kappa shape index (κ2) is 7.47. The number of para-hydroxylation sites is 1. The van der Waals surface area contributed by atoms with Crippen molar-refractivity contribution in [3.8, 4) is 0 Å². The second-order valence-electron chi connectivity index (χ2n) is 4.30. The van der Waals surface area contributed by atoms with Crippen LogP contribution >= 0.6 is 0 Å². The van der Waals surface area contributed by atoms with Crippen LogP contribution in [0.2, 0.25) is 0 Å². The number of sulfonamides is 1. The maximum Gasteiger partial charge on any atom is 0.242 e. The maximum absolute atomic E-state index is 12.0. The average Bonchev–Trinajstić information content (AvgIpc) is 2.43. The van der Waals surface area contributed by atoms with E-state index in [1.807, 2.05) is 17.0 Å². The first-order chi connectivity index (χ1) is 9.06. The molecule has 0 amide bonds. The van der Waals surface area contributed by atoms with Gasteiger partial charge in [0, 0.05) is 19.6 Å². The van der Waals surface area contributed by atoms with Crippen molar-refractivity contribution in [1.29, 1.82) is 0 Å². The third-order valence-corrected chi connectivity index (χ3v) is 4.41. The molecule has 5 nitrogen and oxygen atoms in total. The molecule has 0 atom stereocenters. The van der Waals surface area contributed by atoms with Gasteiger partial charge in [0.1, 0.15) is 4.90 Å². The number of rotatable bonds is 8. The standard InChI is InChI=1S/C13H23N3O2S/c1-3-4-10-16(11-9-14)12-7-5-6-8-13(12)19(17,18)15-2/h5-8,15H,3-4,9-11,14H2,1-2H3. The molecule has 0 unspecified atom stereocenters. The lowest BCUT2D eigenvalue weighted by molar-refractivity contribution is 0.587. The fourth-order valence-electron chi connectivity index (χ4n) is 1.91. The SMILES string of the molecule is CCCCN(CCN)c1ccccc1S(=O)(=O)NC. The second-order valence-corrected chi connectivity index (χ2v) is 6.16. The normalized spacial score (nSPS) is 11.5. The molecule has 0 heterocycles. The number of benzene rings is 1. The first-order valence-electron chi connectivity index (χ1n) is 6.54. The Hall–Kier alpha value is -1.11. The topological polar surface area (TPSA) is 75.4 Å². The highest BCUT2D eigenvalue weighted by Crippen LogP contribution is 2.24. The first-order valence-corrected chi connectivity index (χ1v) is 8.02. The van der Waals surface area contributed by atoms with Crippen LogP contribution in [0, 0.1) is 0 Å². The Morgan fingerprint density at radius 3 is 2.53 bits per heavy atom. The Balaban J connectivity index is 3.15. The van der Waals surface area contributed by atoms with Crippen molar-refractivity contribution in [3.63, 3.8) is 0 Å². The molecule has 0 radical (unpaired) electrons. The van der Waals surface area contributed by atoms with Gasteiger partial charge in [0.05, 0.1) is 5.69 Å². The van der Waals surface area contributed by atoms with Gasteiger partial charge < -0.3 is 10.6 Å². The van der Waals surface area contributed by atoms with Crippen LogP contribution in [0.25, 0.3) is 0 Å². The predicted octanol–water partition coefficient (Wildman–Crippen LogP) is 1.16. The fourth-order valence-corrected chi connectivity index (χ4v) is 2.86. The van der Waals surface area contributed by atoms with Gasteiger partial charge in [-0.1, -0.05) is 25.5 Å². The van der Waals surface area contributed by atoms with Gasteiger partial charge in [0.25, 0.3) is 0 Å². The largest absolute Gasteiger partial charge is 0.369 e. The maximum atomic E-state index is 12.0. The lowest BCUT2D eigenvalue weighted by Crippen LogP contribution is -2.32. The van der Waals surface area contributed by atoms with Crippen molar-refractivity contribution in [2.24, 2.45) is 5.73 Å². The van der Waals surface area contributed by atoms with E-state index in [1.54, 1.807) is 12.1 Å². The molecule has 1 rings (SSSR count). The third-order valence-electron chi connectivity index (χ3n) is 2.94. The molecule has 0 aromatic heterocycles. The molecule has 0 spiro atoms. The van der Waals surface area contributed by atoms with Gasteiger partial charge in [-0.15, -0.1) is 0 Å². The molecule has 1 aromatic carbocycles. The van der Waals surface area contributed by atoms with Gasteiger partial charge in [0.15, 0.2) is 0 Å². The zero-order chi connectivity index (χ0) is 14.3. The van der Waals surface area contributed by atoms with E-state index in [1.165, 1.54) is 7.05 Å². The lowest BCUT2D eigenvalue weighted by Gasteiger charge is -2.26. The minimum absolute atomic E-state index is 0.307. The third kappa shape index (κ3) is 4.19. The van der Waals surface area contributed by atoms with Crippen molar-refractivity contribution in [2.45, 2.75) is 24.7 Å². The number of nitrogens with one attached hydrogen (secondary N) is 1. The van der Waals surface area contributed by atoms with Crippen molar-refractivity contribution in [3.05, 3.63) is 24.3 Å². The molecule has 3 N–H and O–H groups in total. The summed E-state index contributed by atoms with van der Waals surface area (Å²) in [6.45, 7) is 4.06. The van der Waals surface area contributed by atoms with Crippen molar-refractivity contribution >= 4 is 15.7 Å².